The monoisotopic (exact) mass is 183 g/mol. The summed E-state index contributed by atoms with van der Waals surface area (Å²) < 4.78 is 0. The number of nitrogens with one attached hydrogen (secondary N) is 2. The van der Waals surface area contributed by atoms with E-state index < -0.39 is 0 Å². The predicted octanol–water partition coefficient (Wildman–Crippen LogP) is 0.404. The van der Waals surface area contributed by atoms with Gasteiger partial charge in [0, 0.05) is 12.5 Å². The van der Waals surface area contributed by atoms with Crippen LogP contribution in [0.3, 0.4) is 0 Å². The largest absolute Gasteiger partial charge is 0.343 e. The van der Waals surface area contributed by atoms with Crippen molar-refractivity contribution in [3.63, 3.8) is 0 Å². The molecule has 1 amide bonds. The average Bonchev–Trinajstić information content (AvgIpc) is 2.08. The summed E-state index contributed by atoms with van der Waals surface area (Å²) in [6, 6.07) is 2.32. The van der Waals surface area contributed by atoms with Crippen LogP contribution in [0.4, 0.5) is 0 Å². The van der Waals surface area contributed by atoms with E-state index in [1.807, 2.05) is 6.07 Å². The Morgan fingerprint density at radius 3 is 2.77 bits per heavy atom. The first kappa shape index (κ1) is 11.9. The zero-order chi connectivity index (χ0) is 10.1. The van der Waals surface area contributed by atoms with Gasteiger partial charge >= 0.3 is 0 Å². The lowest BCUT2D eigenvalue weighted by molar-refractivity contribution is -0.120. The van der Waals surface area contributed by atoms with E-state index in [0.29, 0.717) is 12.5 Å². The maximum Gasteiger partial charge on any atom is 0.220 e. The second-order valence-electron chi connectivity index (χ2n) is 3.15. The van der Waals surface area contributed by atoms with Crippen LogP contribution in [-0.4, -0.2) is 25.0 Å². The van der Waals surface area contributed by atoms with Crippen molar-refractivity contribution in [2.45, 2.75) is 32.7 Å². The number of nitriles is 1. The highest BCUT2D eigenvalue weighted by Crippen LogP contribution is 1.87. The third-order valence-electron chi connectivity index (χ3n) is 1.50. The van der Waals surface area contributed by atoms with Crippen LogP contribution in [0.15, 0.2) is 0 Å². The Balaban J connectivity index is 3.23. The van der Waals surface area contributed by atoms with Gasteiger partial charge in [-0.2, -0.15) is 5.26 Å². The van der Waals surface area contributed by atoms with Crippen molar-refractivity contribution in [3.05, 3.63) is 0 Å². The number of nitrogens with zero attached hydrogens (tertiary/aromatic N) is 1. The quantitative estimate of drug-likeness (QED) is 0.463. The standard InChI is InChI=1S/C9H17N3O/c1-8(2)11-6-3-4-9(13)12-7-5-10/h8,11H,3-4,6-7H2,1-2H3,(H,12,13). The van der Waals surface area contributed by atoms with Crippen molar-refractivity contribution in [3.8, 4) is 6.07 Å². The van der Waals surface area contributed by atoms with E-state index in [-0.39, 0.29) is 12.5 Å². The van der Waals surface area contributed by atoms with Crippen molar-refractivity contribution < 1.29 is 4.79 Å². The second kappa shape index (κ2) is 7.56. The molecule has 0 rings (SSSR count). The van der Waals surface area contributed by atoms with Gasteiger partial charge < -0.3 is 10.6 Å². The normalized spacial score (nSPS) is 9.69. The minimum absolute atomic E-state index is 0.0490. The van der Waals surface area contributed by atoms with Crippen molar-refractivity contribution in [1.29, 1.82) is 5.26 Å². The highest BCUT2D eigenvalue weighted by atomic mass is 16.1. The van der Waals surface area contributed by atoms with Gasteiger partial charge in [-0.15, -0.1) is 0 Å². The first-order valence-electron chi connectivity index (χ1n) is 4.54. The highest BCUT2D eigenvalue weighted by molar-refractivity contribution is 5.76. The van der Waals surface area contributed by atoms with Crippen molar-refractivity contribution in [2.24, 2.45) is 0 Å². The molecule has 0 aliphatic rings. The molecule has 0 spiro atoms. The Kier molecular flexibility index (Phi) is 6.93. The SMILES string of the molecule is CC(C)NCCCC(=O)NCC#N. The highest BCUT2D eigenvalue weighted by Gasteiger charge is 1.99. The van der Waals surface area contributed by atoms with E-state index in [4.69, 9.17) is 5.26 Å². The summed E-state index contributed by atoms with van der Waals surface area (Å²) in [4.78, 5) is 11.0. The molecular weight excluding hydrogens is 166 g/mol. The Morgan fingerprint density at radius 1 is 1.54 bits per heavy atom. The summed E-state index contributed by atoms with van der Waals surface area (Å²) in [6.07, 6.45) is 1.30. The predicted molar refractivity (Wildman–Crippen MR) is 51.0 cm³/mol. The molecule has 0 unspecified atom stereocenters. The Bertz CT molecular complexity index is 184. The van der Waals surface area contributed by atoms with E-state index in [1.165, 1.54) is 0 Å². The molecule has 0 fully saturated rings. The fourth-order valence-electron chi connectivity index (χ4n) is 0.866. The molecule has 0 atom stereocenters. The third kappa shape index (κ3) is 8.83. The molecule has 0 aliphatic carbocycles. The fraction of sp³-hybridized carbons (Fsp3) is 0.778. The van der Waals surface area contributed by atoms with Crippen LogP contribution < -0.4 is 10.6 Å². The van der Waals surface area contributed by atoms with Crippen LogP contribution in [0.25, 0.3) is 0 Å². The van der Waals surface area contributed by atoms with Gasteiger partial charge in [-0.1, -0.05) is 13.8 Å². The van der Waals surface area contributed by atoms with E-state index in [1.54, 1.807) is 0 Å². The zero-order valence-electron chi connectivity index (χ0n) is 8.26. The van der Waals surface area contributed by atoms with Crippen LogP contribution in [0.5, 0.6) is 0 Å². The molecule has 4 heteroatoms. The van der Waals surface area contributed by atoms with Crippen LogP contribution in [0.1, 0.15) is 26.7 Å². The van der Waals surface area contributed by atoms with Gasteiger partial charge in [0.1, 0.15) is 6.54 Å². The lowest BCUT2D eigenvalue weighted by Gasteiger charge is -2.06. The van der Waals surface area contributed by atoms with Gasteiger partial charge in [0.05, 0.1) is 6.07 Å². The van der Waals surface area contributed by atoms with E-state index >= 15 is 0 Å². The van der Waals surface area contributed by atoms with Crippen LogP contribution in [-0.2, 0) is 4.79 Å². The maximum atomic E-state index is 11.0. The molecule has 0 aliphatic heterocycles. The van der Waals surface area contributed by atoms with Gasteiger partial charge in [-0.25, -0.2) is 0 Å². The van der Waals surface area contributed by atoms with Gasteiger partial charge in [-0.3, -0.25) is 4.79 Å². The van der Waals surface area contributed by atoms with E-state index in [0.717, 1.165) is 13.0 Å². The molecule has 0 bridgehead atoms. The fourth-order valence-corrected chi connectivity index (χ4v) is 0.866. The molecule has 2 N–H and O–H groups in total. The van der Waals surface area contributed by atoms with Gasteiger partial charge in [0.2, 0.25) is 5.91 Å². The summed E-state index contributed by atoms with van der Waals surface area (Å²) in [7, 11) is 0. The lowest BCUT2D eigenvalue weighted by atomic mass is 10.3. The number of hydrogen-bond acceptors (Lipinski definition) is 3. The summed E-state index contributed by atoms with van der Waals surface area (Å²) in [6.45, 7) is 5.08. The Hall–Kier alpha value is -1.08. The summed E-state index contributed by atoms with van der Waals surface area (Å²) in [5, 5.41) is 13.9. The lowest BCUT2D eigenvalue weighted by Crippen LogP contribution is -2.27. The summed E-state index contributed by atoms with van der Waals surface area (Å²) in [5.41, 5.74) is 0. The first-order chi connectivity index (χ1) is 6.16. The molecule has 0 saturated heterocycles. The molecule has 0 saturated carbocycles. The summed E-state index contributed by atoms with van der Waals surface area (Å²) in [5.74, 6) is -0.0490. The van der Waals surface area contributed by atoms with Crippen molar-refractivity contribution >= 4 is 5.91 Å². The van der Waals surface area contributed by atoms with Gasteiger partial charge in [0.15, 0.2) is 0 Å². The van der Waals surface area contributed by atoms with Gasteiger partial charge in [0.25, 0.3) is 0 Å². The van der Waals surface area contributed by atoms with Crippen molar-refractivity contribution in [2.75, 3.05) is 13.1 Å². The smallest absolute Gasteiger partial charge is 0.220 e. The minimum Gasteiger partial charge on any atom is -0.343 e. The first-order valence-corrected chi connectivity index (χ1v) is 4.54. The van der Waals surface area contributed by atoms with Gasteiger partial charge in [-0.05, 0) is 13.0 Å². The number of rotatable bonds is 6. The molecule has 0 aromatic heterocycles. The molecule has 13 heavy (non-hydrogen) atoms. The minimum atomic E-state index is -0.0490. The van der Waals surface area contributed by atoms with E-state index in [9.17, 15) is 4.79 Å². The maximum absolute atomic E-state index is 11.0. The zero-order valence-corrected chi connectivity index (χ0v) is 8.26. The number of hydrogen-bond donors (Lipinski definition) is 2. The molecule has 4 nitrogen and oxygen atoms in total. The van der Waals surface area contributed by atoms with Crippen LogP contribution >= 0.6 is 0 Å². The molecule has 0 aromatic carbocycles. The van der Waals surface area contributed by atoms with Crippen LogP contribution in [0.2, 0.25) is 0 Å². The van der Waals surface area contributed by atoms with Crippen molar-refractivity contribution in [1.82, 2.24) is 10.6 Å². The second-order valence-corrected chi connectivity index (χ2v) is 3.15. The Labute approximate surface area is 79.3 Å². The number of carbonyl (C=O) groups is 1. The number of amides is 1. The molecule has 0 aromatic rings. The molecular formula is C9H17N3O. The topological polar surface area (TPSA) is 64.9 Å². The number of carbonyl (C=O) groups excluding carboxylic acids is 1. The van der Waals surface area contributed by atoms with E-state index in [2.05, 4.69) is 24.5 Å². The average molecular weight is 183 g/mol. The third-order valence-corrected chi connectivity index (χ3v) is 1.50. The van der Waals surface area contributed by atoms with Crippen LogP contribution in [0, 0.1) is 11.3 Å². The molecule has 0 radical (unpaired) electrons. The molecule has 74 valence electrons. The Morgan fingerprint density at radius 2 is 2.23 bits per heavy atom. The summed E-state index contributed by atoms with van der Waals surface area (Å²) >= 11 is 0. The molecule has 0 heterocycles.